The molecule has 2 N–H and O–H groups in total. The third-order valence-electron chi connectivity index (χ3n) is 1.93. The second kappa shape index (κ2) is 3.03. The molecule has 0 saturated carbocycles. The molecule has 2 rings (SSSR count). The first-order valence-corrected chi connectivity index (χ1v) is 5.00. The molecule has 0 aliphatic carbocycles. The van der Waals surface area contributed by atoms with Crippen LogP contribution in [0.2, 0.25) is 0 Å². The van der Waals surface area contributed by atoms with E-state index in [1.54, 1.807) is 26.2 Å². The van der Waals surface area contributed by atoms with E-state index in [2.05, 4.69) is 30.9 Å². The van der Waals surface area contributed by atoms with Crippen LogP contribution in [0.1, 0.15) is 19.7 Å². The number of fused-ring (bicyclic) bond motifs is 1. The molecule has 0 bridgehead atoms. The summed E-state index contributed by atoms with van der Waals surface area (Å²) in [6, 6.07) is 0. The molecule has 0 aliphatic rings. The molecule has 5 heteroatoms. The number of nitrogens with zero attached hydrogens (tertiary/aromatic N) is 2. The molecule has 2 aromatic heterocycles. The Hall–Kier alpha value is -0.940. The van der Waals surface area contributed by atoms with Crippen LogP contribution < -0.4 is 0 Å². The van der Waals surface area contributed by atoms with Crippen molar-refractivity contribution >= 4 is 27.0 Å². The molecule has 0 amide bonds. The van der Waals surface area contributed by atoms with Crippen LogP contribution in [-0.4, -0.2) is 20.1 Å². The van der Waals surface area contributed by atoms with Crippen molar-refractivity contribution in [3.05, 3.63) is 22.7 Å². The summed E-state index contributed by atoms with van der Waals surface area (Å²) in [6.07, 6.45) is 3.36. The summed E-state index contributed by atoms with van der Waals surface area (Å²) < 4.78 is 0.821. The highest BCUT2D eigenvalue weighted by Crippen LogP contribution is 2.24. The number of aliphatic hydroxyl groups is 1. The second-order valence-electron chi connectivity index (χ2n) is 3.66. The lowest BCUT2D eigenvalue weighted by atomic mass is 10.1. The smallest absolute Gasteiger partial charge is 0.138 e. The van der Waals surface area contributed by atoms with Gasteiger partial charge in [-0.05, 0) is 29.8 Å². The Kier molecular flexibility index (Phi) is 2.08. The first-order valence-electron chi connectivity index (χ1n) is 4.20. The highest BCUT2D eigenvalue weighted by Gasteiger charge is 2.20. The number of H-pyrrole nitrogens is 1. The van der Waals surface area contributed by atoms with Gasteiger partial charge < -0.3 is 10.1 Å². The van der Waals surface area contributed by atoms with E-state index in [9.17, 15) is 5.11 Å². The van der Waals surface area contributed by atoms with Crippen molar-refractivity contribution < 1.29 is 5.11 Å². The van der Waals surface area contributed by atoms with Gasteiger partial charge in [-0.1, -0.05) is 0 Å². The van der Waals surface area contributed by atoms with Gasteiger partial charge in [-0.2, -0.15) is 0 Å². The van der Waals surface area contributed by atoms with Crippen LogP contribution in [0.15, 0.2) is 16.9 Å². The number of aromatic amines is 1. The van der Waals surface area contributed by atoms with E-state index in [-0.39, 0.29) is 0 Å². The Bertz CT molecular complexity index is 472. The van der Waals surface area contributed by atoms with Crippen molar-refractivity contribution in [2.45, 2.75) is 19.4 Å². The van der Waals surface area contributed by atoms with Gasteiger partial charge in [0.1, 0.15) is 16.9 Å². The lowest BCUT2D eigenvalue weighted by Gasteiger charge is -2.12. The third kappa shape index (κ3) is 1.53. The van der Waals surface area contributed by atoms with Gasteiger partial charge in [0.25, 0.3) is 0 Å². The Labute approximate surface area is 89.5 Å². The van der Waals surface area contributed by atoms with Crippen LogP contribution in [-0.2, 0) is 5.60 Å². The van der Waals surface area contributed by atoms with Crippen LogP contribution in [0.5, 0.6) is 0 Å². The van der Waals surface area contributed by atoms with Gasteiger partial charge in [0, 0.05) is 6.20 Å². The van der Waals surface area contributed by atoms with Crippen molar-refractivity contribution in [1.29, 1.82) is 0 Å². The summed E-state index contributed by atoms with van der Waals surface area (Å²) in [5.74, 6) is 0.543. The number of hydrogen-bond acceptors (Lipinski definition) is 3. The van der Waals surface area contributed by atoms with Gasteiger partial charge in [0.15, 0.2) is 0 Å². The number of imidazole rings is 1. The van der Waals surface area contributed by atoms with Crippen LogP contribution >= 0.6 is 15.9 Å². The molecule has 4 nitrogen and oxygen atoms in total. The topological polar surface area (TPSA) is 61.8 Å². The Balaban J connectivity index is 2.69. The SMILES string of the molecule is CC(C)(O)c1nc2c(Br)cncc2[nH]1. The van der Waals surface area contributed by atoms with E-state index >= 15 is 0 Å². The maximum absolute atomic E-state index is 9.75. The summed E-state index contributed by atoms with van der Waals surface area (Å²) in [4.78, 5) is 11.3. The summed E-state index contributed by atoms with van der Waals surface area (Å²) in [5.41, 5.74) is 0.645. The molecule has 2 heterocycles. The van der Waals surface area contributed by atoms with E-state index in [1.807, 2.05) is 0 Å². The lowest BCUT2D eigenvalue weighted by Crippen LogP contribution is -2.17. The predicted octanol–water partition coefficient (Wildman–Crippen LogP) is 1.95. The van der Waals surface area contributed by atoms with Crippen molar-refractivity contribution in [3.63, 3.8) is 0 Å². The van der Waals surface area contributed by atoms with Gasteiger partial charge in [0.2, 0.25) is 0 Å². The molecular formula is C9H10BrN3O. The molecule has 0 radical (unpaired) electrons. The van der Waals surface area contributed by atoms with Crippen LogP contribution in [0.25, 0.3) is 11.0 Å². The van der Waals surface area contributed by atoms with Crippen LogP contribution in [0, 0.1) is 0 Å². The zero-order valence-electron chi connectivity index (χ0n) is 7.87. The van der Waals surface area contributed by atoms with Crippen LogP contribution in [0.3, 0.4) is 0 Å². The molecule has 0 aliphatic heterocycles. The van der Waals surface area contributed by atoms with Crippen molar-refractivity contribution in [3.8, 4) is 0 Å². The predicted molar refractivity (Wildman–Crippen MR) is 56.8 cm³/mol. The van der Waals surface area contributed by atoms with E-state index in [0.29, 0.717) is 5.82 Å². The van der Waals surface area contributed by atoms with E-state index in [1.165, 1.54) is 0 Å². The minimum Gasteiger partial charge on any atom is -0.383 e. The van der Waals surface area contributed by atoms with Crippen LogP contribution in [0.4, 0.5) is 0 Å². The third-order valence-corrected chi connectivity index (χ3v) is 2.51. The minimum absolute atomic E-state index is 0.543. The van der Waals surface area contributed by atoms with Gasteiger partial charge >= 0.3 is 0 Å². The Morgan fingerprint density at radius 1 is 1.43 bits per heavy atom. The first-order chi connectivity index (χ1) is 6.48. The molecular weight excluding hydrogens is 246 g/mol. The molecule has 74 valence electrons. The quantitative estimate of drug-likeness (QED) is 0.819. The monoisotopic (exact) mass is 255 g/mol. The fourth-order valence-electron chi connectivity index (χ4n) is 1.19. The molecule has 2 aromatic rings. The van der Waals surface area contributed by atoms with Gasteiger partial charge in [0.05, 0.1) is 16.2 Å². The molecule has 0 atom stereocenters. The zero-order valence-corrected chi connectivity index (χ0v) is 9.46. The average molecular weight is 256 g/mol. The number of halogens is 1. The highest BCUT2D eigenvalue weighted by atomic mass is 79.9. The lowest BCUT2D eigenvalue weighted by molar-refractivity contribution is 0.0700. The standard InChI is InChI=1S/C9H10BrN3O/c1-9(2,14)8-12-6-4-11-3-5(10)7(6)13-8/h3-4,14H,1-2H3,(H,12,13). The molecule has 14 heavy (non-hydrogen) atoms. The molecule has 0 fully saturated rings. The fraction of sp³-hybridized carbons (Fsp3) is 0.333. The van der Waals surface area contributed by atoms with Crippen molar-refractivity contribution in [1.82, 2.24) is 15.0 Å². The zero-order chi connectivity index (χ0) is 10.3. The van der Waals surface area contributed by atoms with Gasteiger partial charge in [-0.15, -0.1) is 0 Å². The highest BCUT2D eigenvalue weighted by molar-refractivity contribution is 9.10. The fourth-order valence-corrected chi connectivity index (χ4v) is 1.61. The number of hydrogen-bond donors (Lipinski definition) is 2. The molecule has 0 aromatic carbocycles. The van der Waals surface area contributed by atoms with E-state index in [0.717, 1.165) is 15.5 Å². The molecule has 0 saturated heterocycles. The van der Waals surface area contributed by atoms with Gasteiger partial charge in [-0.3, -0.25) is 4.98 Å². The number of nitrogens with one attached hydrogen (secondary N) is 1. The summed E-state index contributed by atoms with van der Waals surface area (Å²) >= 11 is 3.35. The van der Waals surface area contributed by atoms with Gasteiger partial charge in [-0.25, -0.2) is 4.98 Å². The van der Waals surface area contributed by atoms with E-state index in [4.69, 9.17) is 0 Å². The maximum atomic E-state index is 9.75. The second-order valence-corrected chi connectivity index (χ2v) is 4.52. The Morgan fingerprint density at radius 3 is 2.71 bits per heavy atom. The largest absolute Gasteiger partial charge is 0.383 e. The average Bonchev–Trinajstić information content (AvgIpc) is 2.48. The number of pyridine rings is 1. The number of rotatable bonds is 1. The van der Waals surface area contributed by atoms with Crippen molar-refractivity contribution in [2.24, 2.45) is 0 Å². The molecule has 0 spiro atoms. The van der Waals surface area contributed by atoms with Crippen molar-refractivity contribution in [2.75, 3.05) is 0 Å². The van der Waals surface area contributed by atoms with E-state index < -0.39 is 5.60 Å². The maximum Gasteiger partial charge on any atom is 0.138 e. The first kappa shape index (κ1) is 9.61. The normalized spacial score (nSPS) is 12.3. The minimum atomic E-state index is -0.960. The number of aromatic nitrogens is 3. The summed E-state index contributed by atoms with van der Waals surface area (Å²) in [5, 5.41) is 9.75. The Morgan fingerprint density at radius 2 is 2.14 bits per heavy atom. The summed E-state index contributed by atoms with van der Waals surface area (Å²) in [6.45, 7) is 3.37. The summed E-state index contributed by atoms with van der Waals surface area (Å²) in [7, 11) is 0. The molecule has 0 unspecified atom stereocenters.